The molecule has 0 spiro atoms. The van der Waals surface area contributed by atoms with E-state index in [1.54, 1.807) is 0 Å². The fourth-order valence-corrected chi connectivity index (χ4v) is 3.95. The molecule has 4 aromatic rings. The fraction of sp³-hybridized carbons (Fsp3) is 0.133. The van der Waals surface area contributed by atoms with Gasteiger partial charge in [0.2, 0.25) is 0 Å². The summed E-state index contributed by atoms with van der Waals surface area (Å²) in [7, 11) is 0. The molecular formula is C30H16F10O2. The van der Waals surface area contributed by atoms with Gasteiger partial charge in [0.15, 0.2) is 11.6 Å². The number of carbonyl (C=O) groups is 2. The number of halogens is 10. The molecule has 0 amide bonds. The van der Waals surface area contributed by atoms with Crippen molar-refractivity contribution in [2.24, 2.45) is 0 Å². The van der Waals surface area contributed by atoms with E-state index < -0.39 is 58.0 Å². The van der Waals surface area contributed by atoms with Gasteiger partial charge < -0.3 is 0 Å². The Morgan fingerprint density at radius 3 is 0.833 bits per heavy atom. The van der Waals surface area contributed by atoms with Crippen molar-refractivity contribution < 1.29 is 53.5 Å². The predicted molar refractivity (Wildman–Crippen MR) is 130 cm³/mol. The van der Waals surface area contributed by atoms with E-state index in [0.717, 1.165) is 48.5 Å². The van der Waals surface area contributed by atoms with E-state index >= 15 is 0 Å². The minimum Gasteiger partial charge on any atom is -0.289 e. The molecular weight excluding hydrogens is 582 g/mol. The molecule has 12 heteroatoms. The Morgan fingerprint density at radius 2 is 0.595 bits per heavy atom. The second kappa shape index (κ2) is 10.7. The molecule has 0 saturated heterocycles. The normalized spacial score (nSPS) is 12.7. The van der Waals surface area contributed by atoms with E-state index in [-0.39, 0.29) is 46.5 Å². The zero-order valence-electron chi connectivity index (χ0n) is 20.8. The Balaban J connectivity index is 1.60. The van der Waals surface area contributed by atoms with Gasteiger partial charge >= 0.3 is 23.7 Å². The first-order chi connectivity index (χ1) is 19.5. The SMILES string of the molecule is O=C(c1ccc(F)cc1)c1ccc(C(F)(F)C(F)(F)C(F)(F)C(F)(F)c2ccc(C(=O)c3ccc(F)cc3)cc2)cc1. The summed E-state index contributed by atoms with van der Waals surface area (Å²) >= 11 is 0. The van der Waals surface area contributed by atoms with Crippen molar-refractivity contribution in [3.8, 4) is 0 Å². The van der Waals surface area contributed by atoms with Crippen LogP contribution < -0.4 is 0 Å². The van der Waals surface area contributed by atoms with Gasteiger partial charge in [-0.05, 0) is 48.5 Å². The summed E-state index contributed by atoms with van der Waals surface area (Å²) in [5.74, 6) is -28.1. The minimum absolute atomic E-state index is 0.0993. The van der Waals surface area contributed by atoms with Crippen LogP contribution in [0.5, 0.6) is 0 Å². The molecule has 2 nitrogen and oxygen atoms in total. The number of carbonyl (C=O) groups excluding carboxylic acids is 2. The van der Waals surface area contributed by atoms with Crippen LogP contribution in [0.4, 0.5) is 43.9 Å². The second-order valence-electron chi connectivity index (χ2n) is 9.12. The number of hydrogen-bond donors (Lipinski definition) is 0. The van der Waals surface area contributed by atoms with Crippen molar-refractivity contribution in [3.05, 3.63) is 142 Å². The van der Waals surface area contributed by atoms with Crippen LogP contribution in [0, 0.1) is 11.6 Å². The Hall–Kier alpha value is -4.48. The van der Waals surface area contributed by atoms with Crippen LogP contribution in [0.3, 0.4) is 0 Å². The van der Waals surface area contributed by atoms with Gasteiger partial charge in [0.1, 0.15) is 11.6 Å². The summed E-state index contributed by atoms with van der Waals surface area (Å²) in [4.78, 5) is 24.8. The van der Waals surface area contributed by atoms with E-state index in [0.29, 0.717) is 24.3 Å². The molecule has 0 aliphatic rings. The van der Waals surface area contributed by atoms with Gasteiger partial charge in [-0.25, -0.2) is 8.78 Å². The highest BCUT2D eigenvalue weighted by Crippen LogP contribution is 2.59. The summed E-state index contributed by atoms with van der Waals surface area (Å²) in [5.41, 5.74) is -4.46. The van der Waals surface area contributed by atoms with Crippen LogP contribution in [0.15, 0.2) is 97.1 Å². The van der Waals surface area contributed by atoms with Crippen LogP contribution in [0.25, 0.3) is 0 Å². The van der Waals surface area contributed by atoms with Crippen molar-refractivity contribution in [2.45, 2.75) is 23.7 Å². The number of alkyl halides is 8. The lowest BCUT2D eigenvalue weighted by molar-refractivity contribution is -0.374. The largest absolute Gasteiger partial charge is 0.382 e. The van der Waals surface area contributed by atoms with Gasteiger partial charge in [-0.2, -0.15) is 35.1 Å². The maximum Gasteiger partial charge on any atom is 0.382 e. The average molecular weight is 598 g/mol. The van der Waals surface area contributed by atoms with E-state index in [4.69, 9.17) is 0 Å². The molecule has 0 heterocycles. The number of hydrogen-bond acceptors (Lipinski definition) is 2. The lowest BCUT2D eigenvalue weighted by Gasteiger charge is -2.37. The molecule has 0 N–H and O–H groups in total. The van der Waals surface area contributed by atoms with Gasteiger partial charge in [0, 0.05) is 33.4 Å². The maximum absolute atomic E-state index is 14.8. The Morgan fingerprint density at radius 1 is 0.381 bits per heavy atom. The van der Waals surface area contributed by atoms with Crippen LogP contribution in [0.1, 0.15) is 43.0 Å². The van der Waals surface area contributed by atoms with E-state index in [1.165, 1.54) is 0 Å². The van der Waals surface area contributed by atoms with E-state index in [9.17, 15) is 53.5 Å². The van der Waals surface area contributed by atoms with Gasteiger partial charge in [0.25, 0.3) is 0 Å². The molecule has 0 aliphatic carbocycles. The predicted octanol–water partition coefficient (Wildman–Crippen LogP) is 8.58. The number of benzene rings is 4. The summed E-state index contributed by atoms with van der Waals surface area (Å²) in [5, 5.41) is 0. The Kier molecular flexibility index (Phi) is 7.79. The van der Waals surface area contributed by atoms with Crippen LogP contribution >= 0.6 is 0 Å². The smallest absolute Gasteiger partial charge is 0.289 e. The van der Waals surface area contributed by atoms with Crippen molar-refractivity contribution in [2.75, 3.05) is 0 Å². The third kappa shape index (κ3) is 5.17. The van der Waals surface area contributed by atoms with E-state index in [1.807, 2.05) is 0 Å². The van der Waals surface area contributed by atoms with Crippen molar-refractivity contribution in [1.29, 1.82) is 0 Å². The van der Waals surface area contributed by atoms with Gasteiger partial charge in [-0.3, -0.25) is 9.59 Å². The van der Waals surface area contributed by atoms with Gasteiger partial charge in [0.05, 0.1) is 0 Å². The van der Waals surface area contributed by atoms with Crippen LogP contribution in [-0.2, 0) is 11.8 Å². The molecule has 4 aromatic carbocycles. The van der Waals surface area contributed by atoms with Gasteiger partial charge in [-0.15, -0.1) is 0 Å². The zero-order valence-corrected chi connectivity index (χ0v) is 20.8. The second-order valence-corrected chi connectivity index (χ2v) is 9.12. The van der Waals surface area contributed by atoms with Gasteiger partial charge in [-0.1, -0.05) is 48.5 Å². The standard InChI is InChI=1S/C30H16F10O2/c31-23-13-5-19(6-14-23)25(41)17-1-9-21(10-2-17)27(33,34)29(37,38)30(39,40)28(35,36)22-11-3-18(4-12-22)26(42)20-7-15-24(32)16-8-20/h1-16H. The monoisotopic (exact) mass is 598 g/mol. The summed E-state index contributed by atoms with van der Waals surface area (Å²) in [6, 6.07) is 11.2. The van der Waals surface area contributed by atoms with E-state index in [2.05, 4.69) is 0 Å². The summed E-state index contributed by atoms with van der Waals surface area (Å²) in [6.45, 7) is 0. The molecule has 0 bridgehead atoms. The molecule has 218 valence electrons. The zero-order chi connectivity index (χ0) is 31.1. The molecule has 0 radical (unpaired) electrons. The molecule has 0 unspecified atom stereocenters. The van der Waals surface area contributed by atoms with Crippen LogP contribution in [0.2, 0.25) is 0 Å². The molecule has 4 rings (SSSR count). The first kappa shape index (κ1) is 30.5. The first-order valence-electron chi connectivity index (χ1n) is 11.8. The molecule has 0 aromatic heterocycles. The lowest BCUT2D eigenvalue weighted by atomic mass is 9.89. The van der Waals surface area contributed by atoms with Crippen LogP contribution in [-0.4, -0.2) is 23.4 Å². The fourth-order valence-electron chi connectivity index (χ4n) is 3.95. The number of rotatable bonds is 9. The molecule has 0 atom stereocenters. The quantitative estimate of drug-likeness (QED) is 0.143. The number of ketones is 2. The van der Waals surface area contributed by atoms with Crippen molar-refractivity contribution in [3.63, 3.8) is 0 Å². The third-order valence-corrected chi connectivity index (χ3v) is 6.42. The molecule has 42 heavy (non-hydrogen) atoms. The van der Waals surface area contributed by atoms with Crippen molar-refractivity contribution >= 4 is 11.6 Å². The third-order valence-electron chi connectivity index (χ3n) is 6.42. The lowest BCUT2D eigenvalue weighted by Crippen LogP contribution is -2.59. The first-order valence-corrected chi connectivity index (χ1v) is 11.8. The Labute approximate surface area is 231 Å². The highest BCUT2D eigenvalue weighted by molar-refractivity contribution is 6.09. The topological polar surface area (TPSA) is 34.1 Å². The highest BCUT2D eigenvalue weighted by Gasteiger charge is 2.81. The highest BCUT2D eigenvalue weighted by atomic mass is 19.4. The maximum atomic E-state index is 14.8. The summed E-state index contributed by atoms with van der Waals surface area (Å²) < 4.78 is 144. The van der Waals surface area contributed by atoms with Crippen molar-refractivity contribution in [1.82, 2.24) is 0 Å². The Bertz CT molecular complexity index is 1470. The summed E-state index contributed by atoms with van der Waals surface area (Å²) in [6.07, 6.45) is 0. The molecule has 0 fully saturated rings. The molecule has 0 saturated carbocycles. The average Bonchev–Trinajstić information content (AvgIpc) is 2.97. The molecule has 0 aliphatic heterocycles. The minimum atomic E-state index is -6.66.